The lowest BCUT2D eigenvalue weighted by Gasteiger charge is -2.26. The van der Waals surface area contributed by atoms with Crippen LogP contribution in [0.3, 0.4) is 0 Å². The molecule has 20 heavy (non-hydrogen) atoms. The Morgan fingerprint density at radius 3 is 3.05 bits per heavy atom. The third-order valence-corrected chi connectivity index (χ3v) is 5.34. The molecule has 1 aliphatic rings. The summed E-state index contributed by atoms with van der Waals surface area (Å²) in [7, 11) is 2.06. The van der Waals surface area contributed by atoms with Gasteiger partial charge in [0.2, 0.25) is 0 Å². The molecule has 3 atom stereocenters. The largest absolute Gasteiger partial charge is 0.378 e. The highest BCUT2D eigenvalue weighted by Gasteiger charge is 2.33. The van der Waals surface area contributed by atoms with E-state index >= 15 is 0 Å². The van der Waals surface area contributed by atoms with Gasteiger partial charge in [0.1, 0.15) is 0 Å². The molecular weight excluding hydrogens is 268 g/mol. The van der Waals surface area contributed by atoms with E-state index in [-0.39, 0.29) is 0 Å². The van der Waals surface area contributed by atoms with E-state index in [1.165, 1.54) is 9.71 Å². The first-order valence-electron chi connectivity index (χ1n) is 7.45. The molecule has 3 unspecified atom stereocenters. The highest BCUT2D eigenvalue weighted by molar-refractivity contribution is 7.18. The normalized spacial score (nSPS) is 24.3. The summed E-state index contributed by atoms with van der Waals surface area (Å²) in [5.41, 5.74) is 1.12. The minimum absolute atomic E-state index is 0.404. The van der Waals surface area contributed by atoms with Crippen LogP contribution in [-0.2, 0) is 11.2 Å². The van der Waals surface area contributed by atoms with Crippen molar-refractivity contribution in [2.75, 3.05) is 13.7 Å². The summed E-state index contributed by atoms with van der Waals surface area (Å²) >= 11 is 1.82. The Morgan fingerprint density at radius 1 is 1.45 bits per heavy atom. The monoisotopic (exact) mass is 290 g/mol. The summed E-state index contributed by atoms with van der Waals surface area (Å²) < 4.78 is 7.12. The molecule has 1 aliphatic heterocycles. The molecule has 0 aliphatic carbocycles. The summed E-state index contributed by atoms with van der Waals surface area (Å²) in [5.74, 6) is 0.608. The maximum Gasteiger partial charge on any atom is 0.0954 e. The van der Waals surface area contributed by atoms with Gasteiger partial charge in [-0.1, -0.05) is 19.1 Å². The molecule has 3 nitrogen and oxygen atoms in total. The molecule has 0 spiro atoms. The summed E-state index contributed by atoms with van der Waals surface area (Å²) in [4.78, 5) is 4.76. The molecule has 3 rings (SSSR count). The first-order valence-corrected chi connectivity index (χ1v) is 8.26. The average molecular weight is 290 g/mol. The Balaban J connectivity index is 1.77. The third-order valence-electron chi connectivity index (χ3n) is 4.28. The van der Waals surface area contributed by atoms with Gasteiger partial charge < -0.3 is 10.1 Å². The molecule has 2 heterocycles. The molecule has 2 aromatic rings. The van der Waals surface area contributed by atoms with Crippen LogP contribution in [0.25, 0.3) is 10.2 Å². The number of benzene rings is 1. The number of ether oxygens (including phenoxy) is 1. The van der Waals surface area contributed by atoms with E-state index in [1.807, 2.05) is 11.3 Å². The van der Waals surface area contributed by atoms with Gasteiger partial charge in [-0.25, -0.2) is 4.98 Å². The van der Waals surface area contributed by atoms with Crippen LogP contribution >= 0.6 is 11.3 Å². The topological polar surface area (TPSA) is 34.1 Å². The van der Waals surface area contributed by atoms with E-state index in [1.54, 1.807) is 0 Å². The Morgan fingerprint density at radius 2 is 2.30 bits per heavy atom. The molecule has 1 aromatic carbocycles. The maximum atomic E-state index is 5.84. The van der Waals surface area contributed by atoms with Crippen LogP contribution in [0, 0.1) is 5.92 Å². The van der Waals surface area contributed by atoms with Crippen molar-refractivity contribution in [2.24, 2.45) is 5.92 Å². The van der Waals surface area contributed by atoms with Crippen LogP contribution in [0.1, 0.15) is 24.8 Å². The van der Waals surface area contributed by atoms with E-state index < -0.39 is 0 Å². The number of likely N-dealkylation sites (N-methyl/N-ethyl adjacent to an activating group) is 1. The summed E-state index contributed by atoms with van der Waals surface area (Å²) in [6.07, 6.45) is 3.67. The Labute approximate surface area is 124 Å². The molecule has 1 aromatic heterocycles. The van der Waals surface area contributed by atoms with E-state index in [2.05, 4.69) is 43.6 Å². The first kappa shape index (κ1) is 14.0. The quantitative estimate of drug-likeness (QED) is 0.918. The van der Waals surface area contributed by atoms with Gasteiger partial charge in [0.25, 0.3) is 0 Å². The van der Waals surface area contributed by atoms with Crippen LogP contribution in [-0.4, -0.2) is 30.8 Å². The molecule has 1 saturated heterocycles. The van der Waals surface area contributed by atoms with Crippen LogP contribution in [0.5, 0.6) is 0 Å². The summed E-state index contributed by atoms with van der Waals surface area (Å²) in [5, 5.41) is 4.72. The zero-order valence-electron chi connectivity index (χ0n) is 12.1. The lowest BCUT2D eigenvalue weighted by Crippen LogP contribution is -2.39. The molecule has 0 amide bonds. The minimum Gasteiger partial charge on any atom is -0.378 e. The van der Waals surface area contributed by atoms with Gasteiger partial charge in [-0.15, -0.1) is 11.3 Å². The van der Waals surface area contributed by atoms with Gasteiger partial charge in [0.05, 0.1) is 21.3 Å². The van der Waals surface area contributed by atoms with Gasteiger partial charge in [-0.3, -0.25) is 0 Å². The van der Waals surface area contributed by atoms with Crippen LogP contribution in [0.4, 0.5) is 0 Å². The lowest BCUT2D eigenvalue weighted by molar-refractivity contribution is 0.0783. The molecular formula is C16H22N2OS. The standard InChI is InChI=1S/C16H22N2OS/c1-3-14-11(8-9-19-14)13(17-2)10-16-18-12-6-4-5-7-15(12)20-16/h4-7,11,13-14,17H,3,8-10H2,1-2H3. The third kappa shape index (κ3) is 2.73. The zero-order valence-corrected chi connectivity index (χ0v) is 13.0. The van der Waals surface area contributed by atoms with Crippen molar-refractivity contribution in [3.63, 3.8) is 0 Å². The van der Waals surface area contributed by atoms with Crippen LogP contribution < -0.4 is 5.32 Å². The predicted octanol–water partition coefficient (Wildman–Crippen LogP) is 3.24. The van der Waals surface area contributed by atoms with Crippen LogP contribution in [0.15, 0.2) is 24.3 Å². The molecule has 4 heteroatoms. The zero-order chi connectivity index (χ0) is 13.9. The maximum absolute atomic E-state index is 5.84. The minimum atomic E-state index is 0.404. The van der Waals surface area contributed by atoms with E-state index in [0.717, 1.165) is 31.4 Å². The second kappa shape index (κ2) is 6.20. The number of hydrogen-bond acceptors (Lipinski definition) is 4. The van der Waals surface area contributed by atoms with Crippen molar-refractivity contribution in [1.29, 1.82) is 0 Å². The van der Waals surface area contributed by atoms with Crippen molar-refractivity contribution < 1.29 is 4.74 Å². The number of nitrogens with zero attached hydrogens (tertiary/aromatic N) is 1. The fraction of sp³-hybridized carbons (Fsp3) is 0.562. The Kier molecular flexibility index (Phi) is 4.34. The number of para-hydroxylation sites is 1. The predicted molar refractivity (Wildman–Crippen MR) is 84.3 cm³/mol. The molecule has 0 saturated carbocycles. The first-order chi connectivity index (χ1) is 9.81. The van der Waals surface area contributed by atoms with Crippen molar-refractivity contribution >= 4 is 21.6 Å². The number of rotatable bonds is 5. The second-order valence-corrected chi connectivity index (χ2v) is 6.56. The molecule has 1 fully saturated rings. The summed E-state index contributed by atoms with van der Waals surface area (Å²) in [6, 6.07) is 8.84. The smallest absolute Gasteiger partial charge is 0.0954 e. The second-order valence-electron chi connectivity index (χ2n) is 5.44. The van der Waals surface area contributed by atoms with Crippen LogP contribution in [0.2, 0.25) is 0 Å². The van der Waals surface area contributed by atoms with Gasteiger partial charge in [-0.05, 0) is 32.0 Å². The average Bonchev–Trinajstić information content (AvgIpc) is 3.10. The molecule has 1 N–H and O–H groups in total. The fourth-order valence-electron chi connectivity index (χ4n) is 3.21. The van der Waals surface area contributed by atoms with Crippen molar-refractivity contribution in [2.45, 2.75) is 38.3 Å². The Bertz CT molecular complexity index is 535. The number of aromatic nitrogens is 1. The van der Waals surface area contributed by atoms with E-state index in [4.69, 9.17) is 9.72 Å². The Hall–Kier alpha value is -0.970. The van der Waals surface area contributed by atoms with Gasteiger partial charge in [0, 0.05) is 25.0 Å². The highest BCUT2D eigenvalue weighted by atomic mass is 32.1. The van der Waals surface area contributed by atoms with Gasteiger partial charge in [-0.2, -0.15) is 0 Å². The van der Waals surface area contributed by atoms with E-state index in [9.17, 15) is 0 Å². The summed E-state index contributed by atoms with van der Waals surface area (Å²) in [6.45, 7) is 3.12. The number of hydrogen-bond donors (Lipinski definition) is 1. The molecule has 0 bridgehead atoms. The number of nitrogens with one attached hydrogen (secondary N) is 1. The molecule has 108 valence electrons. The fourth-order valence-corrected chi connectivity index (χ4v) is 4.23. The van der Waals surface area contributed by atoms with Gasteiger partial charge >= 0.3 is 0 Å². The lowest BCUT2D eigenvalue weighted by atomic mass is 9.89. The van der Waals surface area contributed by atoms with Crippen molar-refractivity contribution in [3.8, 4) is 0 Å². The molecule has 0 radical (unpaired) electrons. The highest BCUT2D eigenvalue weighted by Crippen LogP contribution is 2.30. The van der Waals surface area contributed by atoms with E-state index in [0.29, 0.717) is 18.1 Å². The number of thiazole rings is 1. The van der Waals surface area contributed by atoms with Crippen molar-refractivity contribution in [1.82, 2.24) is 10.3 Å². The SMILES string of the molecule is CCC1OCCC1C(Cc1nc2ccccc2s1)NC. The van der Waals surface area contributed by atoms with Crippen molar-refractivity contribution in [3.05, 3.63) is 29.3 Å². The number of fused-ring (bicyclic) bond motifs is 1. The van der Waals surface area contributed by atoms with Gasteiger partial charge in [0.15, 0.2) is 0 Å².